The van der Waals surface area contributed by atoms with Gasteiger partial charge in [-0.2, -0.15) is 0 Å². The predicted molar refractivity (Wildman–Crippen MR) is 133 cm³/mol. The molecule has 0 aliphatic heterocycles. The van der Waals surface area contributed by atoms with Crippen LogP contribution >= 0.6 is 0 Å². The first-order valence-corrected chi connectivity index (χ1v) is 13.9. The van der Waals surface area contributed by atoms with Crippen LogP contribution in [0.2, 0.25) is 0 Å². The molecule has 0 saturated heterocycles. The van der Waals surface area contributed by atoms with Gasteiger partial charge < -0.3 is 4.74 Å². The molecule has 4 aliphatic carbocycles. The summed E-state index contributed by atoms with van der Waals surface area (Å²) in [5, 5.41) is 0. The maximum absolute atomic E-state index is 11.5. The minimum absolute atomic E-state index is 0.112. The summed E-state index contributed by atoms with van der Waals surface area (Å²) in [5.74, 6) is 6.36. The number of hydrogen-bond donors (Lipinski definition) is 0. The molecular weight excluding hydrogens is 392 g/mol. The molecule has 0 heterocycles. The van der Waals surface area contributed by atoms with E-state index in [2.05, 4.69) is 53.7 Å². The molecule has 0 bridgehead atoms. The summed E-state index contributed by atoms with van der Waals surface area (Å²) in [7, 11) is 0. The quantitative estimate of drug-likeness (QED) is 0.307. The molecule has 3 fully saturated rings. The molecule has 0 amide bonds. The van der Waals surface area contributed by atoms with Crippen molar-refractivity contribution >= 4 is 5.97 Å². The van der Waals surface area contributed by atoms with Crippen LogP contribution in [0.3, 0.4) is 0 Å². The predicted octanol–water partition coefficient (Wildman–Crippen LogP) is 8.06. The molecule has 2 heteroatoms. The molecule has 4 aliphatic rings. The van der Waals surface area contributed by atoms with Crippen LogP contribution < -0.4 is 0 Å². The van der Waals surface area contributed by atoms with Crippen molar-refractivity contribution in [2.24, 2.45) is 58.2 Å². The fourth-order valence-electron chi connectivity index (χ4n) is 8.96. The Morgan fingerprint density at radius 3 is 2.31 bits per heavy atom. The summed E-state index contributed by atoms with van der Waals surface area (Å²) in [6.07, 6.45) is 17.2. The van der Waals surface area contributed by atoms with Crippen molar-refractivity contribution in [3.8, 4) is 0 Å². The molecule has 2 nitrogen and oxygen atoms in total. The van der Waals surface area contributed by atoms with Gasteiger partial charge in [-0.05, 0) is 103 Å². The molecule has 0 unspecified atom stereocenters. The largest absolute Gasteiger partial charge is 0.463 e. The van der Waals surface area contributed by atoms with Gasteiger partial charge in [0.15, 0.2) is 0 Å². The standard InChI is InChI=1S/C30H50O2/c1-19(2)20(3)8-9-21(4)26-12-13-27-25-11-10-23-18-24(32-22(5)31)14-16-29(23,6)28(25)15-17-30(26,27)7/h10-11,19-21,23-28H,8-9,12-18H2,1-7H3/t20-,21+,23-,24+,25+,26-,27+,28+,29-,30-/m0/s1. The minimum atomic E-state index is -0.112. The molecule has 182 valence electrons. The van der Waals surface area contributed by atoms with Crippen LogP contribution in [0.1, 0.15) is 106 Å². The van der Waals surface area contributed by atoms with E-state index < -0.39 is 0 Å². The van der Waals surface area contributed by atoms with Gasteiger partial charge in [-0.15, -0.1) is 0 Å². The van der Waals surface area contributed by atoms with Crippen LogP contribution in [0.15, 0.2) is 12.2 Å². The number of fused-ring (bicyclic) bond motifs is 5. The molecule has 0 aromatic carbocycles. The lowest BCUT2D eigenvalue weighted by molar-refractivity contribution is -0.153. The Bertz CT molecular complexity index is 710. The van der Waals surface area contributed by atoms with Crippen LogP contribution in [0.4, 0.5) is 0 Å². The van der Waals surface area contributed by atoms with E-state index in [1.165, 1.54) is 44.9 Å². The molecule has 0 spiro atoms. The third kappa shape index (κ3) is 4.22. The second kappa shape index (κ2) is 9.10. The van der Waals surface area contributed by atoms with Crippen molar-refractivity contribution in [3.05, 3.63) is 12.2 Å². The Labute approximate surface area is 198 Å². The second-order valence-electron chi connectivity index (χ2n) is 13.3. The zero-order chi connectivity index (χ0) is 23.3. The first kappa shape index (κ1) is 24.3. The normalized spacial score (nSPS) is 45.0. The van der Waals surface area contributed by atoms with Crippen molar-refractivity contribution in [1.82, 2.24) is 0 Å². The van der Waals surface area contributed by atoms with E-state index in [4.69, 9.17) is 4.74 Å². The highest BCUT2D eigenvalue weighted by Gasteiger charge is 2.59. The van der Waals surface area contributed by atoms with E-state index in [1.54, 1.807) is 6.92 Å². The van der Waals surface area contributed by atoms with Crippen LogP contribution in [-0.2, 0) is 9.53 Å². The third-order valence-corrected chi connectivity index (χ3v) is 11.4. The topological polar surface area (TPSA) is 26.3 Å². The Kier molecular flexibility index (Phi) is 6.92. The van der Waals surface area contributed by atoms with Gasteiger partial charge in [-0.1, -0.05) is 66.5 Å². The summed E-state index contributed by atoms with van der Waals surface area (Å²) in [5.41, 5.74) is 0.928. The first-order chi connectivity index (χ1) is 15.1. The van der Waals surface area contributed by atoms with Crippen molar-refractivity contribution in [2.75, 3.05) is 0 Å². The maximum atomic E-state index is 11.5. The molecule has 10 atom stereocenters. The summed E-state index contributed by atoms with van der Waals surface area (Å²) in [6, 6.07) is 0. The van der Waals surface area contributed by atoms with E-state index in [0.29, 0.717) is 16.7 Å². The van der Waals surface area contributed by atoms with Gasteiger partial charge >= 0.3 is 5.97 Å². The van der Waals surface area contributed by atoms with Gasteiger partial charge in [0.2, 0.25) is 0 Å². The zero-order valence-electron chi connectivity index (χ0n) is 22.0. The highest BCUT2D eigenvalue weighted by molar-refractivity contribution is 5.66. The minimum Gasteiger partial charge on any atom is -0.463 e. The Hall–Kier alpha value is -0.790. The number of allylic oxidation sites excluding steroid dienone is 2. The van der Waals surface area contributed by atoms with Crippen molar-refractivity contribution in [2.45, 2.75) is 112 Å². The van der Waals surface area contributed by atoms with Crippen molar-refractivity contribution < 1.29 is 9.53 Å². The van der Waals surface area contributed by atoms with Gasteiger partial charge in [0.25, 0.3) is 0 Å². The lowest BCUT2D eigenvalue weighted by atomic mass is 9.46. The SMILES string of the molecule is CC(=O)O[C@@H]1CC[C@]2(C)[C@@H]3CC[C@]4(C)[C@H](CC[C@H]4[C@H](C)CC[C@H](C)C(C)C)[C@H]3C=C[C@H]2C1. The second-order valence-corrected chi connectivity index (χ2v) is 13.3. The van der Waals surface area contributed by atoms with Gasteiger partial charge in [0.1, 0.15) is 6.10 Å². The summed E-state index contributed by atoms with van der Waals surface area (Å²) < 4.78 is 5.63. The van der Waals surface area contributed by atoms with Crippen LogP contribution in [0, 0.1) is 58.2 Å². The average Bonchev–Trinajstić information content (AvgIpc) is 3.08. The lowest BCUT2D eigenvalue weighted by Gasteiger charge is -2.59. The summed E-state index contributed by atoms with van der Waals surface area (Å²) in [6.45, 7) is 16.6. The third-order valence-electron chi connectivity index (χ3n) is 11.4. The van der Waals surface area contributed by atoms with E-state index in [1.807, 2.05) is 0 Å². The number of carbonyl (C=O) groups excluding carboxylic acids is 1. The molecule has 0 radical (unpaired) electrons. The summed E-state index contributed by atoms with van der Waals surface area (Å²) >= 11 is 0. The van der Waals surface area contributed by atoms with Crippen LogP contribution in [0.25, 0.3) is 0 Å². The van der Waals surface area contributed by atoms with Gasteiger partial charge in [0.05, 0.1) is 0 Å². The Morgan fingerprint density at radius 2 is 1.62 bits per heavy atom. The number of ether oxygens (including phenoxy) is 1. The number of rotatable bonds is 6. The number of carbonyl (C=O) groups is 1. The van der Waals surface area contributed by atoms with E-state index >= 15 is 0 Å². The zero-order valence-corrected chi connectivity index (χ0v) is 22.0. The number of esters is 1. The van der Waals surface area contributed by atoms with Gasteiger partial charge in [-0.3, -0.25) is 4.79 Å². The molecule has 0 aromatic heterocycles. The Balaban J connectivity index is 1.47. The molecule has 0 aromatic rings. The van der Waals surface area contributed by atoms with Crippen LogP contribution in [-0.4, -0.2) is 12.1 Å². The molecule has 0 N–H and O–H groups in total. The van der Waals surface area contributed by atoms with E-state index in [-0.39, 0.29) is 12.1 Å². The van der Waals surface area contributed by atoms with Gasteiger partial charge in [-0.25, -0.2) is 0 Å². The number of hydrogen-bond acceptors (Lipinski definition) is 2. The van der Waals surface area contributed by atoms with Gasteiger partial charge in [0, 0.05) is 6.92 Å². The van der Waals surface area contributed by atoms with E-state index in [0.717, 1.165) is 54.3 Å². The average molecular weight is 443 g/mol. The summed E-state index contributed by atoms with van der Waals surface area (Å²) in [4.78, 5) is 11.5. The molecule has 32 heavy (non-hydrogen) atoms. The van der Waals surface area contributed by atoms with Crippen molar-refractivity contribution in [3.63, 3.8) is 0 Å². The molecular formula is C30H50O2. The van der Waals surface area contributed by atoms with Crippen molar-refractivity contribution in [1.29, 1.82) is 0 Å². The lowest BCUT2D eigenvalue weighted by Crippen LogP contribution is -2.52. The first-order valence-electron chi connectivity index (χ1n) is 13.9. The maximum Gasteiger partial charge on any atom is 0.302 e. The fourth-order valence-corrected chi connectivity index (χ4v) is 8.96. The molecule has 4 rings (SSSR count). The fraction of sp³-hybridized carbons (Fsp3) is 0.900. The Morgan fingerprint density at radius 1 is 0.938 bits per heavy atom. The monoisotopic (exact) mass is 442 g/mol. The van der Waals surface area contributed by atoms with Crippen LogP contribution in [0.5, 0.6) is 0 Å². The highest BCUT2D eigenvalue weighted by atomic mass is 16.5. The smallest absolute Gasteiger partial charge is 0.302 e. The van der Waals surface area contributed by atoms with E-state index in [9.17, 15) is 4.79 Å². The molecule has 3 saturated carbocycles. The highest BCUT2D eigenvalue weighted by Crippen LogP contribution is 2.67.